The molecule has 3 heterocycles. The third kappa shape index (κ3) is 3.43. The number of fused-ring (bicyclic) bond motifs is 1. The number of pyridine rings is 1. The van der Waals surface area contributed by atoms with E-state index in [0.717, 1.165) is 39.4 Å². The van der Waals surface area contributed by atoms with Crippen molar-refractivity contribution in [1.82, 2.24) is 24.1 Å². The number of nitrogens with zero attached hydrogens (tertiary/aromatic N) is 5. The number of aryl methyl sites for hydroxylation is 1. The highest BCUT2D eigenvalue weighted by molar-refractivity contribution is 7.98. The van der Waals surface area contributed by atoms with E-state index in [9.17, 15) is 0 Å². The minimum Gasteiger partial charge on any atom is -0.485 e. The lowest BCUT2D eigenvalue weighted by atomic mass is 10.2. The number of hydrogen-bond donors (Lipinski definition) is 0. The third-order valence-electron chi connectivity index (χ3n) is 4.14. The monoisotopic (exact) mass is 365 g/mol. The first-order valence-corrected chi connectivity index (χ1v) is 9.31. The van der Waals surface area contributed by atoms with Crippen molar-refractivity contribution in [3.8, 4) is 5.75 Å². The average molecular weight is 365 g/mol. The van der Waals surface area contributed by atoms with E-state index in [-0.39, 0.29) is 0 Å². The zero-order chi connectivity index (χ0) is 17.9. The lowest BCUT2D eigenvalue weighted by Gasteiger charge is -2.08. The number of thioether (sulfide) groups is 1. The summed E-state index contributed by atoms with van der Waals surface area (Å²) in [4.78, 5) is 4.61. The SMILES string of the molecule is Cc1ccccc1OCc1nnc(SCc2cn3ccccc3n2)n1C. The van der Waals surface area contributed by atoms with Gasteiger partial charge in [0.15, 0.2) is 11.0 Å². The molecule has 0 aliphatic heterocycles. The van der Waals surface area contributed by atoms with E-state index in [1.54, 1.807) is 11.8 Å². The fourth-order valence-electron chi connectivity index (χ4n) is 2.65. The number of para-hydroxylation sites is 1. The Bertz CT molecular complexity index is 1010. The summed E-state index contributed by atoms with van der Waals surface area (Å²) in [5.74, 6) is 2.41. The summed E-state index contributed by atoms with van der Waals surface area (Å²) in [6.45, 7) is 2.42. The lowest BCUT2D eigenvalue weighted by Crippen LogP contribution is -2.04. The molecule has 0 N–H and O–H groups in total. The minimum atomic E-state index is 0.392. The van der Waals surface area contributed by atoms with Gasteiger partial charge in [0, 0.05) is 25.2 Å². The summed E-state index contributed by atoms with van der Waals surface area (Å²) in [6.07, 6.45) is 4.04. The van der Waals surface area contributed by atoms with E-state index in [0.29, 0.717) is 6.61 Å². The van der Waals surface area contributed by atoms with Gasteiger partial charge in [-0.15, -0.1) is 10.2 Å². The van der Waals surface area contributed by atoms with Crippen molar-refractivity contribution >= 4 is 17.4 Å². The number of rotatable bonds is 6. The van der Waals surface area contributed by atoms with Crippen LogP contribution in [-0.2, 0) is 19.4 Å². The van der Waals surface area contributed by atoms with E-state index in [1.807, 2.05) is 77.8 Å². The molecule has 4 rings (SSSR count). The molecule has 0 aliphatic rings. The molecule has 0 atom stereocenters. The van der Waals surface area contributed by atoms with Gasteiger partial charge in [-0.3, -0.25) is 0 Å². The van der Waals surface area contributed by atoms with Crippen molar-refractivity contribution in [3.63, 3.8) is 0 Å². The van der Waals surface area contributed by atoms with E-state index in [4.69, 9.17) is 4.74 Å². The highest BCUT2D eigenvalue weighted by Gasteiger charge is 2.11. The van der Waals surface area contributed by atoms with Crippen molar-refractivity contribution in [2.45, 2.75) is 24.4 Å². The fraction of sp³-hybridized carbons (Fsp3) is 0.211. The van der Waals surface area contributed by atoms with Crippen molar-refractivity contribution in [2.75, 3.05) is 0 Å². The highest BCUT2D eigenvalue weighted by Crippen LogP contribution is 2.22. The average Bonchev–Trinajstić information content (AvgIpc) is 3.22. The number of hydrogen-bond acceptors (Lipinski definition) is 5. The second-order valence-electron chi connectivity index (χ2n) is 6.00. The van der Waals surface area contributed by atoms with Crippen LogP contribution in [-0.4, -0.2) is 24.1 Å². The molecule has 0 amide bonds. The Hall–Kier alpha value is -2.80. The number of imidazole rings is 1. The molecule has 6 nitrogen and oxygen atoms in total. The number of benzene rings is 1. The molecule has 0 saturated heterocycles. The molecule has 0 bridgehead atoms. The molecular weight excluding hydrogens is 346 g/mol. The topological polar surface area (TPSA) is 57.2 Å². The molecule has 0 radical (unpaired) electrons. The fourth-order valence-corrected chi connectivity index (χ4v) is 3.47. The Balaban J connectivity index is 1.41. The molecule has 0 unspecified atom stereocenters. The molecule has 0 saturated carbocycles. The number of aromatic nitrogens is 5. The van der Waals surface area contributed by atoms with Crippen LogP contribution in [0.5, 0.6) is 5.75 Å². The first kappa shape index (κ1) is 16.7. The summed E-state index contributed by atoms with van der Waals surface area (Å²) in [5, 5.41) is 9.39. The van der Waals surface area contributed by atoms with E-state index < -0.39 is 0 Å². The summed E-state index contributed by atoms with van der Waals surface area (Å²) in [5.41, 5.74) is 3.08. The second kappa shape index (κ2) is 7.21. The predicted molar refractivity (Wildman–Crippen MR) is 101 cm³/mol. The van der Waals surface area contributed by atoms with Gasteiger partial charge in [0.2, 0.25) is 0 Å². The summed E-state index contributed by atoms with van der Waals surface area (Å²) in [6, 6.07) is 13.9. The van der Waals surface area contributed by atoms with Crippen LogP contribution >= 0.6 is 11.8 Å². The third-order valence-corrected chi connectivity index (χ3v) is 5.19. The largest absolute Gasteiger partial charge is 0.485 e. The van der Waals surface area contributed by atoms with Gasteiger partial charge in [-0.25, -0.2) is 4.98 Å². The highest BCUT2D eigenvalue weighted by atomic mass is 32.2. The maximum absolute atomic E-state index is 5.87. The Kier molecular flexibility index (Phi) is 4.62. The Morgan fingerprint density at radius 2 is 1.92 bits per heavy atom. The molecule has 0 aliphatic carbocycles. The van der Waals surface area contributed by atoms with Gasteiger partial charge in [0.25, 0.3) is 0 Å². The predicted octanol–water partition coefficient (Wildman–Crippen LogP) is 3.64. The van der Waals surface area contributed by atoms with Crippen molar-refractivity contribution < 1.29 is 4.74 Å². The number of ether oxygens (including phenoxy) is 1. The minimum absolute atomic E-state index is 0.392. The zero-order valence-corrected chi connectivity index (χ0v) is 15.5. The van der Waals surface area contributed by atoms with E-state index in [1.165, 1.54) is 0 Å². The van der Waals surface area contributed by atoms with Crippen LogP contribution in [0.25, 0.3) is 5.65 Å². The van der Waals surface area contributed by atoms with Crippen LogP contribution in [0.2, 0.25) is 0 Å². The normalized spacial score (nSPS) is 11.2. The maximum atomic E-state index is 5.87. The van der Waals surface area contributed by atoms with Gasteiger partial charge in [0.05, 0.1) is 5.69 Å². The molecule has 132 valence electrons. The summed E-state index contributed by atoms with van der Waals surface area (Å²) in [7, 11) is 1.96. The van der Waals surface area contributed by atoms with E-state index in [2.05, 4.69) is 15.2 Å². The maximum Gasteiger partial charge on any atom is 0.191 e. The molecule has 7 heteroatoms. The van der Waals surface area contributed by atoms with Gasteiger partial charge >= 0.3 is 0 Å². The first-order chi connectivity index (χ1) is 12.7. The molecule has 0 fully saturated rings. The Morgan fingerprint density at radius 1 is 1.08 bits per heavy atom. The Morgan fingerprint density at radius 3 is 2.77 bits per heavy atom. The van der Waals surface area contributed by atoms with Crippen LogP contribution < -0.4 is 4.74 Å². The summed E-state index contributed by atoms with van der Waals surface area (Å²) < 4.78 is 9.86. The van der Waals surface area contributed by atoms with Gasteiger partial charge in [-0.2, -0.15) is 0 Å². The second-order valence-corrected chi connectivity index (χ2v) is 6.94. The van der Waals surface area contributed by atoms with E-state index >= 15 is 0 Å². The van der Waals surface area contributed by atoms with Gasteiger partial charge in [0.1, 0.15) is 18.0 Å². The Labute approximate surface area is 155 Å². The molecule has 4 aromatic rings. The van der Waals surface area contributed by atoms with Crippen LogP contribution in [0.3, 0.4) is 0 Å². The first-order valence-electron chi connectivity index (χ1n) is 8.33. The molecular formula is C19H19N5OS. The summed E-state index contributed by atoms with van der Waals surface area (Å²) >= 11 is 1.62. The molecule has 26 heavy (non-hydrogen) atoms. The van der Waals surface area contributed by atoms with Crippen molar-refractivity contribution in [1.29, 1.82) is 0 Å². The van der Waals surface area contributed by atoms with Crippen molar-refractivity contribution in [2.24, 2.45) is 7.05 Å². The molecule has 0 spiro atoms. The van der Waals surface area contributed by atoms with Gasteiger partial charge < -0.3 is 13.7 Å². The lowest BCUT2D eigenvalue weighted by molar-refractivity contribution is 0.288. The van der Waals surface area contributed by atoms with Gasteiger partial charge in [-0.05, 0) is 30.7 Å². The smallest absolute Gasteiger partial charge is 0.191 e. The quantitative estimate of drug-likeness (QED) is 0.488. The molecule has 1 aromatic carbocycles. The standard InChI is InChI=1S/C19H19N5OS/c1-14-7-3-4-8-16(14)25-12-18-21-22-19(23(18)2)26-13-15-11-24-10-6-5-9-17(24)20-15/h3-11H,12-13H2,1-2H3. The molecule has 3 aromatic heterocycles. The van der Waals surface area contributed by atoms with Crippen LogP contribution in [0.15, 0.2) is 60.0 Å². The van der Waals surface area contributed by atoms with Crippen LogP contribution in [0.4, 0.5) is 0 Å². The van der Waals surface area contributed by atoms with Crippen molar-refractivity contribution in [3.05, 3.63) is 71.9 Å². The zero-order valence-electron chi connectivity index (χ0n) is 14.7. The van der Waals surface area contributed by atoms with Crippen LogP contribution in [0, 0.1) is 6.92 Å². The van der Waals surface area contributed by atoms with Gasteiger partial charge in [-0.1, -0.05) is 36.0 Å². The van der Waals surface area contributed by atoms with Crippen LogP contribution in [0.1, 0.15) is 17.1 Å².